The second-order valence-electron chi connectivity index (χ2n) is 11.8. The van der Waals surface area contributed by atoms with Gasteiger partial charge in [0.05, 0.1) is 6.04 Å². The number of carboxylic acids is 1. The van der Waals surface area contributed by atoms with Gasteiger partial charge in [-0.2, -0.15) is 0 Å². The lowest BCUT2D eigenvalue weighted by Gasteiger charge is -2.31. The Morgan fingerprint density at radius 2 is 1.90 bits per heavy atom. The summed E-state index contributed by atoms with van der Waals surface area (Å²) in [6.45, 7) is 5.46. The molecule has 3 aliphatic heterocycles. The minimum absolute atomic E-state index is 0.0836. The Hall–Kier alpha value is -3.11. The molecule has 0 aromatic heterocycles. The maximum absolute atomic E-state index is 13.7. The monoisotopic (exact) mass is 545 g/mol. The number of nitrogens with one attached hydrogen (secondary N) is 3. The molecule has 3 fully saturated rings. The Morgan fingerprint density at radius 3 is 2.59 bits per heavy atom. The highest BCUT2D eigenvalue weighted by molar-refractivity contribution is 5.96. The lowest BCUT2D eigenvalue weighted by molar-refractivity contribution is -0.145. The molecule has 216 valence electrons. The molecule has 4 rings (SSSR count). The molecule has 4 aliphatic rings. The van der Waals surface area contributed by atoms with Crippen molar-refractivity contribution in [1.82, 2.24) is 25.8 Å². The van der Waals surface area contributed by atoms with E-state index in [1.807, 2.05) is 26.0 Å². The van der Waals surface area contributed by atoms with Gasteiger partial charge in [0.2, 0.25) is 17.7 Å². The van der Waals surface area contributed by atoms with E-state index in [1.165, 1.54) is 4.90 Å². The van der Waals surface area contributed by atoms with Crippen molar-refractivity contribution in [1.29, 1.82) is 0 Å². The molecule has 2 saturated heterocycles. The molecule has 11 nitrogen and oxygen atoms in total. The minimum atomic E-state index is -1.31. The van der Waals surface area contributed by atoms with Crippen molar-refractivity contribution in [3.05, 3.63) is 12.2 Å². The molecule has 0 radical (unpaired) electrons. The second-order valence-corrected chi connectivity index (χ2v) is 11.8. The van der Waals surface area contributed by atoms with E-state index < -0.39 is 35.5 Å². The maximum Gasteiger partial charge on any atom is 0.330 e. The van der Waals surface area contributed by atoms with Gasteiger partial charge >= 0.3 is 12.0 Å². The third-order valence-electron chi connectivity index (χ3n) is 8.63. The Balaban J connectivity index is 1.46. The third-order valence-corrected chi connectivity index (χ3v) is 8.63. The van der Waals surface area contributed by atoms with Gasteiger partial charge < -0.3 is 30.9 Å². The van der Waals surface area contributed by atoms with Gasteiger partial charge in [0.1, 0.15) is 17.6 Å². The lowest BCUT2D eigenvalue weighted by Crippen LogP contribution is -2.58. The Kier molecular flexibility index (Phi) is 9.17. The number of carboxylic acid groups (broad SMARTS) is 1. The van der Waals surface area contributed by atoms with Crippen LogP contribution in [0.4, 0.5) is 4.79 Å². The molecule has 0 aromatic carbocycles. The van der Waals surface area contributed by atoms with Crippen molar-refractivity contribution in [2.75, 3.05) is 19.6 Å². The largest absolute Gasteiger partial charge is 0.479 e. The van der Waals surface area contributed by atoms with Gasteiger partial charge in [-0.05, 0) is 50.9 Å². The molecule has 5 amide bonds. The standard InChI is InChI=1S/C28H43N5O6/c1-18(2)21(17-32-14-9-13-23(32)34)30-27(39)29-20-11-7-5-3-4-6-10-19-16-28(19,26(37)38)31-24(35)22-12-8-15-33(22)25(20)36/h6,10,18-22H,3-5,7-9,11-17H2,1-2H3,(H,31,35)(H,37,38)(H2,29,30,39)/b10-6-/t19?,20-,21+,22-,28+/m0/s1. The molecule has 3 heterocycles. The van der Waals surface area contributed by atoms with E-state index >= 15 is 0 Å². The van der Waals surface area contributed by atoms with Gasteiger partial charge in [-0.25, -0.2) is 9.59 Å². The first-order valence-corrected chi connectivity index (χ1v) is 14.5. The number of urea groups is 1. The topological polar surface area (TPSA) is 148 Å². The number of hydrogen-bond donors (Lipinski definition) is 4. The van der Waals surface area contributed by atoms with E-state index in [1.54, 1.807) is 4.90 Å². The van der Waals surface area contributed by atoms with E-state index in [-0.39, 0.29) is 29.7 Å². The molecule has 1 aliphatic carbocycles. The van der Waals surface area contributed by atoms with Crippen LogP contribution in [0.15, 0.2) is 12.2 Å². The molecule has 1 saturated carbocycles. The minimum Gasteiger partial charge on any atom is -0.479 e. The van der Waals surface area contributed by atoms with Crippen LogP contribution in [0.25, 0.3) is 0 Å². The zero-order chi connectivity index (χ0) is 28.2. The molecule has 0 spiro atoms. The molecule has 39 heavy (non-hydrogen) atoms. The number of carbonyl (C=O) groups is 5. The fourth-order valence-corrected chi connectivity index (χ4v) is 6.00. The molecule has 4 N–H and O–H groups in total. The summed E-state index contributed by atoms with van der Waals surface area (Å²) in [6, 6.07) is -2.30. The van der Waals surface area contributed by atoms with Gasteiger partial charge in [-0.1, -0.05) is 38.8 Å². The van der Waals surface area contributed by atoms with Crippen molar-refractivity contribution in [2.45, 2.75) is 102 Å². The second kappa shape index (κ2) is 12.4. The first-order valence-electron chi connectivity index (χ1n) is 14.5. The summed E-state index contributed by atoms with van der Waals surface area (Å²) in [7, 11) is 0. The normalized spacial score (nSPS) is 31.5. The third kappa shape index (κ3) is 6.73. The quantitative estimate of drug-likeness (QED) is 0.374. The molecular weight excluding hydrogens is 502 g/mol. The van der Waals surface area contributed by atoms with Crippen LogP contribution < -0.4 is 16.0 Å². The first kappa shape index (κ1) is 28.9. The SMILES string of the molecule is CC(C)[C@@H](CN1CCCC1=O)NC(=O)N[C@H]1CCCCC/C=C\C2C[C@@]2(C(=O)O)NC(=O)[C@@H]2CCCN2C1=O. The lowest BCUT2D eigenvalue weighted by atomic mass is 10.0. The summed E-state index contributed by atoms with van der Waals surface area (Å²) in [5.41, 5.74) is -1.31. The number of allylic oxidation sites excluding steroid dienone is 1. The summed E-state index contributed by atoms with van der Waals surface area (Å²) in [4.78, 5) is 67.5. The number of nitrogens with zero attached hydrogens (tertiary/aromatic N) is 2. The van der Waals surface area contributed by atoms with Gasteiger partial charge in [-0.3, -0.25) is 14.4 Å². The van der Waals surface area contributed by atoms with Crippen LogP contribution in [-0.4, -0.2) is 87.9 Å². The van der Waals surface area contributed by atoms with Crippen LogP contribution in [-0.2, 0) is 19.2 Å². The van der Waals surface area contributed by atoms with Crippen LogP contribution in [0, 0.1) is 11.8 Å². The highest BCUT2D eigenvalue weighted by Crippen LogP contribution is 2.45. The Morgan fingerprint density at radius 1 is 1.10 bits per heavy atom. The van der Waals surface area contributed by atoms with Crippen molar-refractivity contribution in [3.8, 4) is 0 Å². The van der Waals surface area contributed by atoms with Crippen molar-refractivity contribution < 1.29 is 29.1 Å². The van der Waals surface area contributed by atoms with Gasteiger partial charge in [-0.15, -0.1) is 0 Å². The maximum atomic E-state index is 13.7. The van der Waals surface area contributed by atoms with E-state index in [2.05, 4.69) is 16.0 Å². The predicted octanol–water partition coefficient (Wildman–Crippen LogP) is 1.77. The van der Waals surface area contributed by atoms with Crippen LogP contribution in [0.1, 0.15) is 78.1 Å². The molecule has 11 heteroatoms. The number of likely N-dealkylation sites (tertiary alicyclic amines) is 1. The average molecular weight is 546 g/mol. The number of fused-ring (bicyclic) bond motifs is 2. The number of carbonyl (C=O) groups excluding carboxylic acids is 4. The van der Waals surface area contributed by atoms with Gasteiger partial charge in [0, 0.05) is 32.0 Å². The van der Waals surface area contributed by atoms with Crippen molar-refractivity contribution in [2.24, 2.45) is 11.8 Å². The molecule has 5 atom stereocenters. The highest BCUT2D eigenvalue weighted by atomic mass is 16.4. The first-order chi connectivity index (χ1) is 18.6. The van der Waals surface area contributed by atoms with Gasteiger partial charge in [0.15, 0.2) is 0 Å². The van der Waals surface area contributed by atoms with E-state index in [0.717, 1.165) is 32.1 Å². The van der Waals surface area contributed by atoms with Crippen LogP contribution in [0.2, 0.25) is 0 Å². The predicted molar refractivity (Wildman–Crippen MR) is 143 cm³/mol. The molecular formula is C28H43N5O6. The number of amides is 5. The number of aliphatic carboxylic acids is 1. The van der Waals surface area contributed by atoms with Crippen molar-refractivity contribution >= 4 is 29.7 Å². The molecule has 0 aromatic rings. The summed E-state index contributed by atoms with van der Waals surface area (Å²) in [5.74, 6) is -1.90. The molecule has 0 bridgehead atoms. The highest BCUT2D eigenvalue weighted by Gasteiger charge is 2.61. The Labute approximate surface area is 230 Å². The van der Waals surface area contributed by atoms with E-state index in [9.17, 15) is 29.1 Å². The van der Waals surface area contributed by atoms with Gasteiger partial charge in [0.25, 0.3) is 0 Å². The van der Waals surface area contributed by atoms with E-state index in [0.29, 0.717) is 51.7 Å². The van der Waals surface area contributed by atoms with Crippen LogP contribution >= 0.6 is 0 Å². The average Bonchev–Trinajstić information content (AvgIpc) is 3.17. The molecule has 1 unspecified atom stereocenters. The number of hydrogen-bond acceptors (Lipinski definition) is 5. The zero-order valence-corrected chi connectivity index (χ0v) is 23.1. The summed E-state index contributed by atoms with van der Waals surface area (Å²) < 4.78 is 0. The fraction of sp³-hybridized carbons (Fsp3) is 0.750. The summed E-state index contributed by atoms with van der Waals surface area (Å²) >= 11 is 0. The summed E-state index contributed by atoms with van der Waals surface area (Å²) in [5, 5.41) is 18.4. The number of rotatable bonds is 6. The smallest absolute Gasteiger partial charge is 0.330 e. The Bertz CT molecular complexity index is 999. The van der Waals surface area contributed by atoms with Crippen molar-refractivity contribution in [3.63, 3.8) is 0 Å². The van der Waals surface area contributed by atoms with Crippen LogP contribution in [0.3, 0.4) is 0 Å². The zero-order valence-electron chi connectivity index (χ0n) is 23.1. The fourth-order valence-electron chi connectivity index (χ4n) is 6.00. The summed E-state index contributed by atoms with van der Waals surface area (Å²) in [6.07, 6.45) is 10.3. The van der Waals surface area contributed by atoms with E-state index in [4.69, 9.17) is 0 Å². The van der Waals surface area contributed by atoms with Crippen LogP contribution in [0.5, 0.6) is 0 Å².